The fourth-order valence-corrected chi connectivity index (χ4v) is 3.83. The second kappa shape index (κ2) is 14.1. The molecule has 0 radical (unpaired) electrons. The van der Waals surface area contributed by atoms with Gasteiger partial charge in [-0.05, 0) is 70.2 Å². The molecule has 1 aromatic heterocycles. The molecular weight excluding hydrogens is 434 g/mol. The van der Waals surface area contributed by atoms with Gasteiger partial charge in [-0.15, -0.1) is 0 Å². The molecule has 2 unspecified atom stereocenters. The Morgan fingerprint density at radius 2 is 1.97 bits per heavy atom. The van der Waals surface area contributed by atoms with Gasteiger partial charge in [-0.3, -0.25) is 4.79 Å². The number of aliphatic hydroxyl groups excluding tert-OH is 2. The number of nitrogens with zero attached hydrogens (tertiary/aromatic N) is 2. The first-order valence-corrected chi connectivity index (χ1v) is 11.6. The van der Waals surface area contributed by atoms with Crippen LogP contribution in [-0.2, 0) is 17.9 Å². The molecule has 0 spiro atoms. The van der Waals surface area contributed by atoms with Crippen LogP contribution in [0.1, 0.15) is 50.4 Å². The summed E-state index contributed by atoms with van der Waals surface area (Å²) in [5.41, 5.74) is 1.86. The number of fused-ring (bicyclic) bond motifs is 1. The highest BCUT2D eigenvalue weighted by Crippen LogP contribution is 2.30. The van der Waals surface area contributed by atoms with Crippen LogP contribution in [0.5, 0.6) is 5.75 Å². The number of benzene rings is 1. The summed E-state index contributed by atoms with van der Waals surface area (Å²) in [7, 11) is 4.90. The molecule has 34 heavy (non-hydrogen) atoms. The van der Waals surface area contributed by atoms with E-state index in [4.69, 9.17) is 15.2 Å². The number of phenolic OH excluding ortho intramolecular Hbond substituents is 1. The highest BCUT2D eigenvalue weighted by Gasteiger charge is 2.35. The first-order valence-electron chi connectivity index (χ1n) is 11.6. The van der Waals surface area contributed by atoms with E-state index in [1.54, 1.807) is 19.1 Å². The van der Waals surface area contributed by atoms with Crippen LogP contribution in [0.25, 0.3) is 17.0 Å². The van der Waals surface area contributed by atoms with Gasteiger partial charge < -0.3 is 30.6 Å². The van der Waals surface area contributed by atoms with Gasteiger partial charge in [0, 0.05) is 43.7 Å². The Bertz CT molecular complexity index is 961. The highest BCUT2D eigenvalue weighted by molar-refractivity contribution is 5.87. The van der Waals surface area contributed by atoms with Crippen molar-refractivity contribution >= 4 is 22.8 Å². The van der Waals surface area contributed by atoms with E-state index in [0.717, 1.165) is 34.8 Å². The van der Waals surface area contributed by atoms with Crippen molar-refractivity contribution in [2.24, 2.45) is 5.92 Å². The van der Waals surface area contributed by atoms with E-state index in [9.17, 15) is 15.0 Å². The Kier molecular flexibility index (Phi) is 12.3. The molecule has 5 N–H and O–H groups in total. The molecule has 0 aliphatic heterocycles. The van der Waals surface area contributed by atoms with E-state index in [1.165, 1.54) is 6.92 Å². The van der Waals surface area contributed by atoms with Crippen LogP contribution in [0.4, 0.5) is 0 Å². The zero-order chi connectivity index (χ0) is 25.9. The van der Waals surface area contributed by atoms with Crippen LogP contribution >= 0.6 is 0 Å². The lowest BCUT2D eigenvalue weighted by Crippen LogP contribution is -2.42. The van der Waals surface area contributed by atoms with Gasteiger partial charge in [0.2, 0.25) is 0 Å². The van der Waals surface area contributed by atoms with Crippen molar-refractivity contribution < 1.29 is 25.2 Å². The largest absolute Gasteiger partial charge is 0.508 e. The van der Waals surface area contributed by atoms with Crippen molar-refractivity contribution in [2.45, 2.75) is 52.3 Å². The lowest BCUT2D eigenvalue weighted by molar-refractivity contribution is -0.138. The van der Waals surface area contributed by atoms with Gasteiger partial charge >= 0.3 is 0 Å². The Morgan fingerprint density at radius 1 is 1.29 bits per heavy atom. The summed E-state index contributed by atoms with van der Waals surface area (Å²) in [6.07, 6.45) is 4.67. The lowest BCUT2D eigenvalue weighted by atomic mass is 9.83. The molecule has 0 aliphatic rings. The van der Waals surface area contributed by atoms with Gasteiger partial charge in [-0.25, -0.2) is 4.98 Å². The Balaban J connectivity index is 0.00000281. The Morgan fingerprint density at radius 3 is 2.53 bits per heavy atom. The van der Waals surface area contributed by atoms with E-state index in [2.05, 4.69) is 5.32 Å². The number of carbonyl (C=O) groups excluding carboxylic acids is 1. The third-order valence-electron chi connectivity index (χ3n) is 5.94. The molecule has 0 bridgehead atoms. The minimum absolute atomic E-state index is 0.120. The number of ketones is 1. The second-order valence-corrected chi connectivity index (χ2v) is 8.64. The minimum Gasteiger partial charge on any atom is -0.508 e. The zero-order valence-electron chi connectivity index (χ0n) is 21.3. The van der Waals surface area contributed by atoms with Crippen molar-refractivity contribution in [3.63, 3.8) is 0 Å². The zero-order valence-corrected chi connectivity index (χ0v) is 21.3. The van der Waals surface area contributed by atoms with Crippen LogP contribution in [0.3, 0.4) is 0 Å². The summed E-state index contributed by atoms with van der Waals surface area (Å²) >= 11 is 0. The molecule has 0 amide bonds. The third kappa shape index (κ3) is 7.58. The molecule has 8 nitrogen and oxygen atoms in total. The standard InChI is InChI=1S/C25H37N3O4.CH4O/c1-6-25(32,18(3)30)17(2)8-9-22-19(15-26-12-7-13-29)14-20-21(16-28(4)5)24(31)11-10-23(20)27-22;1-2/h8-11,14,17,26,29,31-32H,6-7,12-13,15-16H2,1-5H3;2H,1H3/b9-8+;. The van der Waals surface area contributed by atoms with E-state index in [-0.39, 0.29) is 24.1 Å². The molecule has 0 saturated heterocycles. The van der Waals surface area contributed by atoms with Gasteiger partial charge in [0.05, 0.1) is 11.2 Å². The van der Waals surface area contributed by atoms with Gasteiger partial charge in [-0.1, -0.05) is 19.9 Å². The van der Waals surface area contributed by atoms with Crippen molar-refractivity contribution in [1.82, 2.24) is 15.2 Å². The predicted molar refractivity (Wildman–Crippen MR) is 136 cm³/mol. The molecule has 8 heteroatoms. The third-order valence-corrected chi connectivity index (χ3v) is 5.94. The number of phenols is 1. The van der Waals surface area contributed by atoms with E-state index >= 15 is 0 Å². The maximum Gasteiger partial charge on any atom is 0.161 e. The predicted octanol–water partition coefficient (Wildman–Crippen LogP) is 2.46. The van der Waals surface area contributed by atoms with Crippen LogP contribution in [0.15, 0.2) is 24.3 Å². The molecule has 2 aromatic rings. The molecule has 1 heterocycles. The number of rotatable bonds is 12. The summed E-state index contributed by atoms with van der Waals surface area (Å²) in [6.45, 7) is 6.95. The number of aromatic hydroxyl groups is 1. The van der Waals surface area contributed by atoms with E-state index in [1.807, 2.05) is 44.1 Å². The number of nitrogens with one attached hydrogen (secondary N) is 1. The van der Waals surface area contributed by atoms with Gasteiger partial charge in [-0.2, -0.15) is 0 Å². The fraction of sp³-hybridized carbons (Fsp3) is 0.538. The number of hydrogen-bond acceptors (Lipinski definition) is 8. The lowest BCUT2D eigenvalue weighted by Gasteiger charge is -2.28. The van der Waals surface area contributed by atoms with Gasteiger partial charge in [0.1, 0.15) is 11.4 Å². The topological polar surface area (TPSA) is 126 Å². The number of pyridine rings is 1. The average molecular weight is 476 g/mol. The molecule has 2 rings (SSSR count). The van der Waals surface area contributed by atoms with E-state index < -0.39 is 5.60 Å². The average Bonchev–Trinajstić information content (AvgIpc) is 2.82. The second-order valence-electron chi connectivity index (χ2n) is 8.64. The van der Waals surface area contributed by atoms with Crippen molar-refractivity contribution in [1.29, 1.82) is 0 Å². The first kappa shape index (κ1) is 29.7. The number of aliphatic hydroxyl groups is 3. The number of carbonyl (C=O) groups is 1. The number of hydrogen-bond donors (Lipinski definition) is 5. The van der Waals surface area contributed by atoms with Crippen LogP contribution in [0.2, 0.25) is 0 Å². The van der Waals surface area contributed by atoms with Crippen LogP contribution < -0.4 is 5.32 Å². The van der Waals surface area contributed by atoms with Crippen molar-refractivity contribution in [2.75, 3.05) is 34.4 Å². The molecule has 0 fully saturated rings. The SMILES string of the molecule is CCC(O)(C(C)=O)C(C)/C=C/c1nc2ccc(O)c(CN(C)C)c2cc1CNCCCO.CO. The normalized spacial score (nSPS) is 14.2. The number of Topliss-reactive ketones (excluding diaryl/α,β-unsaturated/α-hetero) is 1. The maximum absolute atomic E-state index is 12.0. The fourth-order valence-electron chi connectivity index (χ4n) is 3.83. The molecule has 1 aromatic carbocycles. The molecule has 2 atom stereocenters. The summed E-state index contributed by atoms with van der Waals surface area (Å²) < 4.78 is 0. The first-order chi connectivity index (χ1) is 16.1. The summed E-state index contributed by atoms with van der Waals surface area (Å²) in [4.78, 5) is 18.8. The quantitative estimate of drug-likeness (QED) is 0.296. The monoisotopic (exact) mass is 475 g/mol. The Hall–Kier alpha value is -2.36. The van der Waals surface area contributed by atoms with Crippen LogP contribution in [0, 0.1) is 5.92 Å². The number of aromatic nitrogens is 1. The molecule has 190 valence electrons. The van der Waals surface area contributed by atoms with E-state index in [0.29, 0.717) is 32.5 Å². The van der Waals surface area contributed by atoms with Crippen LogP contribution in [-0.4, -0.2) is 76.1 Å². The summed E-state index contributed by atoms with van der Waals surface area (Å²) in [6, 6.07) is 5.49. The maximum atomic E-state index is 12.0. The van der Waals surface area contributed by atoms with Gasteiger partial charge in [0.25, 0.3) is 0 Å². The molecular formula is C26H41N3O5. The summed E-state index contributed by atoms with van der Waals surface area (Å²) in [5, 5.41) is 41.4. The molecule has 0 aliphatic carbocycles. The Labute approximate surface area is 203 Å². The highest BCUT2D eigenvalue weighted by atomic mass is 16.3. The van der Waals surface area contributed by atoms with Crippen molar-refractivity contribution in [3.8, 4) is 5.75 Å². The van der Waals surface area contributed by atoms with Crippen molar-refractivity contribution in [3.05, 3.63) is 41.1 Å². The summed E-state index contributed by atoms with van der Waals surface area (Å²) in [5.74, 6) is -0.390. The smallest absolute Gasteiger partial charge is 0.161 e. The minimum atomic E-state index is -1.41. The van der Waals surface area contributed by atoms with Gasteiger partial charge in [0.15, 0.2) is 5.78 Å². The molecule has 0 saturated carbocycles.